The molecule has 21 heavy (non-hydrogen) atoms. The maximum Gasteiger partial charge on any atom is 0.127 e. The number of hydrogen-bond donors (Lipinski definition) is 0. The fourth-order valence-electron chi connectivity index (χ4n) is 1.75. The molecule has 0 saturated carbocycles. The molecule has 0 radical (unpaired) electrons. The van der Waals surface area contributed by atoms with Crippen LogP contribution in [0.4, 0.5) is 0 Å². The second-order valence-electron chi connectivity index (χ2n) is 4.26. The molecule has 0 fully saturated rings. The number of rotatable bonds is 7. The summed E-state index contributed by atoms with van der Waals surface area (Å²) in [7, 11) is 1.64. The van der Waals surface area contributed by atoms with E-state index >= 15 is 0 Å². The van der Waals surface area contributed by atoms with Crippen LogP contribution in [0.5, 0.6) is 17.2 Å². The third-order valence-corrected chi connectivity index (χ3v) is 3.97. The van der Waals surface area contributed by atoms with Gasteiger partial charge in [0.1, 0.15) is 30.5 Å². The van der Waals surface area contributed by atoms with Crippen molar-refractivity contribution in [1.29, 1.82) is 0 Å². The lowest BCUT2D eigenvalue weighted by atomic mass is 10.2. The van der Waals surface area contributed by atoms with Crippen LogP contribution in [0.2, 0.25) is 0 Å². The molecule has 2 aromatic carbocycles. The van der Waals surface area contributed by atoms with E-state index in [0.29, 0.717) is 13.2 Å². The van der Waals surface area contributed by atoms with Crippen molar-refractivity contribution in [1.82, 2.24) is 0 Å². The van der Waals surface area contributed by atoms with Crippen molar-refractivity contribution in [3.8, 4) is 17.2 Å². The zero-order valence-corrected chi connectivity index (χ0v) is 14.8. The second kappa shape index (κ2) is 8.29. The summed E-state index contributed by atoms with van der Waals surface area (Å²) < 4.78 is 17.6. The number of ether oxygens (including phenoxy) is 3. The van der Waals surface area contributed by atoms with Crippen molar-refractivity contribution in [2.24, 2.45) is 0 Å². The lowest BCUT2D eigenvalue weighted by Gasteiger charge is -2.12. The molecular weight excluding hydrogens is 400 g/mol. The van der Waals surface area contributed by atoms with Gasteiger partial charge in [-0.05, 0) is 30.3 Å². The maximum absolute atomic E-state index is 5.77. The summed E-state index contributed by atoms with van der Waals surface area (Å²) in [4.78, 5) is 0. The molecule has 0 bridgehead atoms. The average molecular weight is 416 g/mol. The van der Waals surface area contributed by atoms with Crippen molar-refractivity contribution in [3.05, 3.63) is 52.5 Å². The smallest absolute Gasteiger partial charge is 0.127 e. The van der Waals surface area contributed by atoms with E-state index < -0.39 is 0 Å². The van der Waals surface area contributed by atoms with Gasteiger partial charge in [-0.2, -0.15) is 0 Å². The van der Waals surface area contributed by atoms with Crippen LogP contribution in [-0.4, -0.2) is 20.3 Å². The fraction of sp³-hybridized carbons (Fsp3) is 0.250. The van der Waals surface area contributed by atoms with Gasteiger partial charge in [-0.15, -0.1) is 0 Å². The lowest BCUT2D eigenvalue weighted by molar-refractivity contribution is 0.215. The summed E-state index contributed by atoms with van der Waals surface area (Å²) in [6, 6.07) is 13.5. The zero-order chi connectivity index (χ0) is 15.1. The average Bonchev–Trinajstić information content (AvgIpc) is 2.53. The highest BCUT2D eigenvalue weighted by atomic mass is 79.9. The van der Waals surface area contributed by atoms with E-state index in [4.69, 9.17) is 14.2 Å². The molecule has 0 atom stereocenters. The predicted octanol–water partition coefficient (Wildman–Crippen LogP) is 4.81. The van der Waals surface area contributed by atoms with E-state index in [0.717, 1.165) is 32.6 Å². The van der Waals surface area contributed by atoms with Gasteiger partial charge in [0.25, 0.3) is 0 Å². The first kappa shape index (κ1) is 16.2. The summed E-state index contributed by atoms with van der Waals surface area (Å²) in [5, 5.41) is 0.736. The van der Waals surface area contributed by atoms with Crippen LogP contribution in [0.1, 0.15) is 5.56 Å². The molecule has 0 aliphatic carbocycles. The van der Waals surface area contributed by atoms with E-state index in [-0.39, 0.29) is 0 Å². The molecule has 0 N–H and O–H groups in total. The van der Waals surface area contributed by atoms with Crippen LogP contribution >= 0.6 is 31.9 Å². The molecular formula is C16H16Br2O3. The molecule has 3 nitrogen and oxygen atoms in total. The Labute approximate surface area is 141 Å². The highest BCUT2D eigenvalue weighted by molar-refractivity contribution is 9.10. The molecule has 0 saturated heterocycles. The standard InChI is InChI=1S/C16H16Br2O3/c1-19-15-5-2-12(11-17)16(10-15)21-9-8-20-14-6-3-13(18)4-7-14/h2-7,10H,8-9,11H2,1H3. The molecule has 0 spiro atoms. The van der Waals surface area contributed by atoms with E-state index in [1.165, 1.54) is 0 Å². The third-order valence-electron chi connectivity index (χ3n) is 2.84. The Hall–Kier alpha value is -1.20. The molecule has 2 aromatic rings. The number of alkyl halides is 1. The largest absolute Gasteiger partial charge is 0.497 e. The van der Waals surface area contributed by atoms with Crippen molar-refractivity contribution in [2.75, 3.05) is 20.3 Å². The van der Waals surface area contributed by atoms with Crippen LogP contribution in [0.3, 0.4) is 0 Å². The van der Waals surface area contributed by atoms with Crippen molar-refractivity contribution in [3.63, 3.8) is 0 Å². The molecule has 0 aromatic heterocycles. The van der Waals surface area contributed by atoms with Gasteiger partial charge in [0.15, 0.2) is 0 Å². The van der Waals surface area contributed by atoms with Crippen LogP contribution < -0.4 is 14.2 Å². The number of benzene rings is 2. The number of halogens is 2. The topological polar surface area (TPSA) is 27.7 Å². The summed E-state index contributed by atoms with van der Waals surface area (Å²) in [6.07, 6.45) is 0. The SMILES string of the molecule is COc1ccc(CBr)c(OCCOc2ccc(Br)cc2)c1. The monoisotopic (exact) mass is 414 g/mol. The molecule has 0 aliphatic rings. The minimum absolute atomic E-state index is 0.475. The predicted molar refractivity (Wildman–Crippen MR) is 90.8 cm³/mol. The van der Waals surface area contributed by atoms with Gasteiger partial charge in [-0.1, -0.05) is 37.9 Å². The van der Waals surface area contributed by atoms with Gasteiger partial charge < -0.3 is 14.2 Å². The summed E-state index contributed by atoms with van der Waals surface area (Å²) >= 11 is 6.84. The van der Waals surface area contributed by atoms with Crippen molar-refractivity contribution < 1.29 is 14.2 Å². The van der Waals surface area contributed by atoms with E-state index in [1.54, 1.807) is 7.11 Å². The molecule has 5 heteroatoms. The van der Waals surface area contributed by atoms with Gasteiger partial charge in [0.2, 0.25) is 0 Å². The minimum atomic E-state index is 0.475. The Morgan fingerprint density at radius 1 is 0.905 bits per heavy atom. The molecule has 0 unspecified atom stereocenters. The molecule has 0 aliphatic heterocycles. The molecule has 112 valence electrons. The highest BCUT2D eigenvalue weighted by Gasteiger charge is 2.05. The highest BCUT2D eigenvalue weighted by Crippen LogP contribution is 2.26. The lowest BCUT2D eigenvalue weighted by Crippen LogP contribution is -2.09. The Morgan fingerprint density at radius 2 is 1.57 bits per heavy atom. The van der Waals surface area contributed by atoms with E-state index in [2.05, 4.69) is 31.9 Å². The quantitative estimate of drug-likeness (QED) is 0.479. The first-order chi connectivity index (χ1) is 10.2. The second-order valence-corrected chi connectivity index (χ2v) is 5.73. The van der Waals surface area contributed by atoms with Gasteiger partial charge in [-0.3, -0.25) is 0 Å². The van der Waals surface area contributed by atoms with Crippen LogP contribution in [0, 0.1) is 0 Å². The fourth-order valence-corrected chi connectivity index (χ4v) is 2.48. The van der Waals surface area contributed by atoms with E-state index in [1.807, 2.05) is 42.5 Å². The van der Waals surface area contributed by atoms with Crippen LogP contribution in [-0.2, 0) is 5.33 Å². The third kappa shape index (κ3) is 4.93. The summed E-state index contributed by atoms with van der Waals surface area (Å²) in [5.74, 6) is 2.42. The summed E-state index contributed by atoms with van der Waals surface area (Å²) in [6.45, 7) is 0.962. The van der Waals surface area contributed by atoms with Crippen molar-refractivity contribution >= 4 is 31.9 Å². The van der Waals surface area contributed by atoms with Crippen molar-refractivity contribution in [2.45, 2.75) is 5.33 Å². The van der Waals surface area contributed by atoms with Gasteiger partial charge in [0.05, 0.1) is 7.11 Å². The number of hydrogen-bond acceptors (Lipinski definition) is 3. The normalized spacial score (nSPS) is 10.2. The first-order valence-electron chi connectivity index (χ1n) is 6.47. The molecule has 0 amide bonds. The zero-order valence-electron chi connectivity index (χ0n) is 11.6. The first-order valence-corrected chi connectivity index (χ1v) is 8.38. The summed E-state index contributed by atoms with van der Waals surface area (Å²) in [5.41, 5.74) is 1.08. The van der Waals surface area contributed by atoms with Gasteiger partial charge in [0, 0.05) is 21.4 Å². The Balaban J connectivity index is 1.86. The Bertz CT molecular complexity index is 570. The van der Waals surface area contributed by atoms with E-state index in [9.17, 15) is 0 Å². The maximum atomic E-state index is 5.77. The molecule has 0 heterocycles. The number of methoxy groups -OCH3 is 1. The molecule has 2 rings (SSSR count). The Morgan fingerprint density at radius 3 is 2.24 bits per heavy atom. The Kier molecular flexibility index (Phi) is 6.39. The minimum Gasteiger partial charge on any atom is -0.497 e. The van der Waals surface area contributed by atoms with Gasteiger partial charge in [-0.25, -0.2) is 0 Å². The van der Waals surface area contributed by atoms with Gasteiger partial charge >= 0.3 is 0 Å². The van der Waals surface area contributed by atoms with Crippen LogP contribution in [0.15, 0.2) is 46.9 Å². The van der Waals surface area contributed by atoms with Crippen LogP contribution in [0.25, 0.3) is 0 Å².